The van der Waals surface area contributed by atoms with Gasteiger partial charge in [0.1, 0.15) is 11.2 Å². The molecule has 0 amide bonds. The number of hydrogen-bond acceptors (Lipinski definition) is 1. The maximum Gasteiger partial charge on any atom is 0.136 e. The molecule has 0 fully saturated rings. The van der Waals surface area contributed by atoms with Gasteiger partial charge in [0.2, 0.25) is 0 Å². The molecule has 218 valence electrons. The lowest BCUT2D eigenvalue weighted by Gasteiger charge is -2.18. The summed E-state index contributed by atoms with van der Waals surface area (Å²) in [6.07, 6.45) is 0. The molecule has 0 aliphatic carbocycles. The van der Waals surface area contributed by atoms with Crippen molar-refractivity contribution in [3.05, 3.63) is 170 Å². The average Bonchev–Trinajstić information content (AvgIpc) is 3.50. The Hall–Kier alpha value is -6.18. The van der Waals surface area contributed by atoms with Crippen LogP contribution in [-0.2, 0) is 0 Å². The fourth-order valence-electron chi connectivity index (χ4n) is 7.75. The van der Waals surface area contributed by atoms with Gasteiger partial charge in [-0.15, -0.1) is 0 Å². The number of rotatable bonds is 3. The molecule has 10 aromatic rings. The van der Waals surface area contributed by atoms with Gasteiger partial charge in [0, 0.05) is 10.8 Å². The van der Waals surface area contributed by atoms with Crippen LogP contribution in [0.25, 0.3) is 98.4 Å². The van der Waals surface area contributed by atoms with Crippen LogP contribution >= 0.6 is 0 Å². The molecule has 0 aliphatic rings. The Bertz CT molecular complexity index is 2780. The highest BCUT2D eigenvalue weighted by Gasteiger charge is 2.19. The molecular weight excluding hydrogens is 569 g/mol. The smallest absolute Gasteiger partial charge is 0.136 e. The van der Waals surface area contributed by atoms with Crippen LogP contribution in [-0.4, -0.2) is 0 Å². The Balaban J connectivity index is 1.20. The van der Waals surface area contributed by atoms with Gasteiger partial charge >= 0.3 is 0 Å². The highest BCUT2D eigenvalue weighted by atomic mass is 16.3. The van der Waals surface area contributed by atoms with E-state index in [9.17, 15) is 0 Å². The summed E-state index contributed by atoms with van der Waals surface area (Å²) >= 11 is 0. The van der Waals surface area contributed by atoms with E-state index in [1.165, 1.54) is 70.9 Å². The normalized spacial score (nSPS) is 11.8. The monoisotopic (exact) mass is 596 g/mol. The quantitative estimate of drug-likeness (QED) is 0.185. The lowest BCUT2D eigenvalue weighted by molar-refractivity contribution is 0.669. The van der Waals surface area contributed by atoms with Crippen molar-refractivity contribution >= 4 is 65.0 Å². The van der Waals surface area contributed by atoms with Gasteiger partial charge in [0.15, 0.2) is 0 Å². The number of fused-ring (bicyclic) bond motifs is 7. The van der Waals surface area contributed by atoms with E-state index in [-0.39, 0.29) is 0 Å². The van der Waals surface area contributed by atoms with Crippen LogP contribution < -0.4 is 0 Å². The third-order valence-corrected chi connectivity index (χ3v) is 9.85. The Morgan fingerprint density at radius 3 is 1.45 bits per heavy atom. The van der Waals surface area contributed by atoms with Crippen LogP contribution in [0, 0.1) is 0 Å². The first-order valence-electron chi connectivity index (χ1n) is 16.2. The second kappa shape index (κ2) is 10.2. The number of hydrogen-bond donors (Lipinski definition) is 0. The highest BCUT2D eigenvalue weighted by molar-refractivity contribution is 6.24. The summed E-state index contributed by atoms with van der Waals surface area (Å²) in [7, 11) is 0. The first-order chi connectivity index (χ1) is 23.3. The van der Waals surface area contributed by atoms with E-state index in [1.54, 1.807) is 0 Å². The molecule has 0 N–H and O–H groups in total. The molecule has 1 aromatic heterocycles. The van der Waals surface area contributed by atoms with Crippen LogP contribution in [0.1, 0.15) is 0 Å². The Labute approximate surface area is 271 Å². The molecule has 47 heavy (non-hydrogen) atoms. The van der Waals surface area contributed by atoms with Gasteiger partial charge in [-0.05, 0) is 101 Å². The lowest BCUT2D eigenvalue weighted by Crippen LogP contribution is -1.91. The van der Waals surface area contributed by atoms with Gasteiger partial charge in [-0.25, -0.2) is 0 Å². The Morgan fingerprint density at radius 1 is 0.277 bits per heavy atom. The van der Waals surface area contributed by atoms with Crippen molar-refractivity contribution in [3.63, 3.8) is 0 Å². The van der Waals surface area contributed by atoms with Gasteiger partial charge in [-0.1, -0.05) is 146 Å². The van der Waals surface area contributed by atoms with E-state index >= 15 is 0 Å². The standard InChI is InChI=1S/C46H28O/c1-3-15-33-29(11-1)13-9-21-35(33)31-24-26-43-42(27-31)36-25-23-32(28-44(36)47-43)45-38-17-5-7-19-40(38)46(41-20-8-6-18-39(41)45)37-22-10-14-30-12-2-4-16-34(30)37/h1-28H. The van der Waals surface area contributed by atoms with Crippen LogP contribution in [0.2, 0.25) is 0 Å². The maximum atomic E-state index is 6.56. The number of furan rings is 1. The minimum atomic E-state index is 0.902. The zero-order valence-corrected chi connectivity index (χ0v) is 25.6. The van der Waals surface area contributed by atoms with Crippen LogP contribution in [0.4, 0.5) is 0 Å². The van der Waals surface area contributed by atoms with E-state index in [1.807, 2.05) is 0 Å². The van der Waals surface area contributed by atoms with Crippen molar-refractivity contribution < 1.29 is 4.42 Å². The second-order valence-corrected chi connectivity index (χ2v) is 12.4. The highest BCUT2D eigenvalue weighted by Crippen LogP contribution is 2.46. The third-order valence-electron chi connectivity index (χ3n) is 9.85. The molecule has 0 bridgehead atoms. The minimum absolute atomic E-state index is 0.902. The Morgan fingerprint density at radius 2 is 0.787 bits per heavy atom. The SMILES string of the molecule is c1ccc2c(-c3ccc4oc5cc(-c6c7ccccc7c(-c7cccc8ccccc78)c7ccccc67)ccc5c4c3)cccc2c1. The van der Waals surface area contributed by atoms with Gasteiger partial charge in [0.25, 0.3) is 0 Å². The van der Waals surface area contributed by atoms with Crippen LogP contribution in [0.3, 0.4) is 0 Å². The molecular formula is C46H28O. The average molecular weight is 597 g/mol. The van der Waals surface area contributed by atoms with Crippen molar-refractivity contribution in [2.45, 2.75) is 0 Å². The topological polar surface area (TPSA) is 13.1 Å². The summed E-state index contributed by atoms with van der Waals surface area (Å²) in [5.41, 5.74) is 9.17. The van der Waals surface area contributed by atoms with E-state index in [0.717, 1.165) is 27.5 Å². The molecule has 0 unspecified atom stereocenters. The second-order valence-electron chi connectivity index (χ2n) is 12.4. The number of benzene rings is 9. The maximum absolute atomic E-state index is 6.56. The summed E-state index contributed by atoms with van der Waals surface area (Å²) in [6, 6.07) is 61.5. The molecule has 10 rings (SSSR count). The fourth-order valence-corrected chi connectivity index (χ4v) is 7.75. The van der Waals surface area contributed by atoms with Crippen molar-refractivity contribution in [2.24, 2.45) is 0 Å². The summed E-state index contributed by atoms with van der Waals surface area (Å²) < 4.78 is 6.56. The summed E-state index contributed by atoms with van der Waals surface area (Å²) in [4.78, 5) is 0. The zero-order valence-electron chi connectivity index (χ0n) is 25.6. The van der Waals surface area contributed by atoms with E-state index in [2.05, 4.69) is 170 Å². The summed E-state index contributed by atoms with van der Waals surface area (Å²) in [6.45, 7) is 0. The Kier molecular flexibility index (Phi) is 5.64. The van der Waals surface area contributed by atoms with Gasteiger partial charge in [-0.3, -0.25) is 0 Å². The molecule has 1 heteroatoms. The summed E-state index contributed by atoms with van der Waals surface area (Å²) in [5.74, 6) is 0. The van der Waals surface area contributed by atoms with Crippen molar-refractivity contribution in [2.75, 3.05) is 0 Å². The van der Waals surface area contributed by atoms with Crippen LogP contribution in [0.5, 0.6) is 0 Å². The first-order valence-corrected chi connectivity index (χ1v) is 16.2. The minimum Gasteiger partial charge on any atom is -0.456 e. The molecule has 0 atom stereocenters. The zero-order chi connectivity index (χ0) is 30.9. The van der Waals surface area contributed by atoms with E-state index in [0.29, 0.717) is 0 Å². The molecule has 0 saturated carbocycles. The third kappa shape index (κ3) is 3.97. The molecule has 0 spiro atoms. The van der Waals surface area contributed by atoms with Crippen molar-refractivity contribution in [1.29, 1.82) is 0 Å². The molecule has 9 aromatic carbocycles. The predicted molar refractivity (Wildman–Crippen MR) is 200 cm³/mol. The van der Waals surface area contributed by atoms with E-state index in [4.69, 9.17) is 4.42 Å². The summed E-state index contributed by atoms with van der Waals surface area (Å²) in [5, 5.41) is 12.3. The van der Waals surface area contributed by atoms with Gasteiger partial charge in [0.05, 0.1) is 0 Å². The first kappa shape index (κ1) is 26.1. The van der Waals surface area contributed by atoms with Crippen molar-refractivity contribution in [1.82, 2.24) is 0 Å². The lowest BCUT2D eigenvalue weighted by atomic mass is 9.84. The van der Waals surface area contributed by atoms with Crippen LogP contribution in [0.15, 0.2) is 174 Å². The molecule has 1 nitrogen and oxygen atoms in total. The molecule has 0 aliphatic heterocycles. The largest absolute Gasteiger partial charge is 0.456 e. The molecule has 1 heterocycles. The predicted octanol–water partition coefficient (Wildman–Crippen LogP) is 13.2. The fraction of sp³-hybridized carbons (Fsp3) is 0. The molecule has 0 saturated heterocycles. The van der Waals surface area contributed by atoms with Gasteiger partial charge in [-0.2, -0.15) is 0 Å². The van der Waals surface area contributed by atoms with Gasteiger partial charge < -0.3 is 4.42 Å². The van der Waals surface area contributed by atoms with E-state index < -0.39 is 0 Å². The van der Waals surface area contributed by atoms with Crippen molar-refractivity contribution in [3.8, 4) is 33.4 Å². The molecule has 0 radical (unpaired) electrons.